The number of benzene rings is 1. The van der Waals surface area contributed by atoms with Gasteiger partial charge in [-0.3, -0.25) is 14.6 Å². The van der Waals surface area contributed by atoms with Crippen LogP contribution in [-0.4, -0.2) is 60.8 Å². The fourth-order valence-electron chi connectivity index (χ4n) is 5.06. The number of hydrogen-bond donors (Lipinski definition) is 3. The zero-order chi connectivity index (χ0) is 26.7. The number of ether oxygens (including phenoxy) is 1. The van der Waals surface area contributed by atoms with Crippen molar-refractivity contribution < 1.29 is 9.53 Å². The summed E-state index contributed by atoms with van der Waals surface area (Å²) in [6.07, 6.45) is 3.71. The maximum absolute atomic E-state index is 12.9. The van der Waals surface area contributed by atoms with Crippen LogP contribution >= 0.6 is 11.6 Å². The summed E-state index contributed by atoms with van der Waals surface area (Å²) in [5, 5.41) is 8.71. The van der Waals surface area contributed by atoms with Crippen LogP contribution in [0.3, 0.4) is 0 Å². The average Bonchev–Trinajstić information content (AvgIpc) is 2.89. The van der Waals surface area contributed by atoms with Crippen LogP contribution in [0.4, 0.5) is 11.8 Å². The Balaban J connectivity index is 1.69. The number of fused-ring (bicyclic) bond motifs is 2. The number of carbonyl (C=O) groups excluding carboxylic acids is 1. The smallest absolute Gasteiger partial charge is 0.257 e. The molecule has 0 saturated carbocycles. The number of nitrogens with zero attached hydrogens (tertiary/aromatic N) is 3. The van der Waals surface area contributed by atoms with E-state index in [0.29, 0.717) is 79.0 Å². The number of H-pyrrole nitrogens is 1. The van der Waals surface area contributed by atoms with Crippen LogP contribution in [0.2, 0.25) is 5.02 Å². The number of Topliss-reactive ketones (excluding diaryl/α,β-unsaturated/α-hetero) is 1. The summed E-state index contributed by atoms with van der Waals surface area (Å²) in [6, 6.07) is 3.27. The van der Waals surface area contributed by atoms with E-state index in [9.17, 15) is 9.59 Å². The van der Waals surface area contributed by atoms with E-state index in [1.807, 2.05) is 29.0 Å². The van der Waals surface area contributed by atoms with Gasteiger partial charge in [-0.1, -0.05) is 18.5 Å². The number of nitrogens with two attached hydrogens (primary N) is 1. The fraction of sp³-hybridized carbons (Fsp3) is 0.556. The molecule has 0 aliphatic carbocycles. The molecule has 0 amide bonds. The Kier molecular flexibility index (Phi) is 8.54. The lowest BCUT2D eigenvalue weighted by molar-refractivity contribution is -0.119. The maximum Gasteiger partial charge on any atom is 0.257 e. The average molecular weight is 529 g/mol. The highest BCUT2D eigenvalue weighted by molar-refractivity contribution is 6.31. The Labute approximate surface area is 222 Å². The zero-order valence-corrected chi connectivity index (χ0v) is 22.7. The fourth-order valence-corrected chi connectivity index (χ4v) is 5.32. The summed E-state index contributed by atoms with van der Waals surface area (Å²) in [6.45, 7) is 5.78. The van der Waals surface area contributed by atoms with E-state index in [1.54, 1.807) is 6.92 Å². The van der Waals surface area contributed by atoms with Gasteiger partial charge in [0.2, 0.25) is 5.95 Å². The Hall–Kier alpha value is -2.91. The Morgan fingerprint density at radius 2 is 1.97 bits per heavy atom. The largest absolute Gasteiger partial charge is 0.487 e. The predicted molar refractivity (Wildman–Crippen MR) is 148 cm³/mol. The number of carbonyl (C=O) groups is 1. The molecular weight excluding hydrogens is 492 g/mol. The highest BCUT2D eigenvalue weighted by Gasteiger charge is 2.25. The Morgan fingerprint density at radius 1 is 1.22 bits per heavy atom. The minimum atomic E-state index is -0.391. The molecule has 2 unspecified atom stereocenters. The number of ketones is 1. The van der Waals surface area contributed by atoms with E-state index in [1.165, 1.54) is 0 Å². The summed E-state index contributed by atoms with van der Waals surface area (Å²) in [4.78, 5) is 37.5. The third kappa shape index (κ3) is 6.15. The van der Waals surface area contributed by atoms with Gasteiger partial charge in [-0.2, -0.15) is 4.98 Å². The minimum absolute atomic E-state index is 0.0407. The van der Waals surface area contributed by atoms with Gasteiger partial charge in [0.25, 0.3) is 5.56 Å². The van der Waals surface area contributed by atoms with Crippen molar-refractivity contribution in [2.75, 3.05) is 43.1 Å². The van der Waals surface area contributed by atoms with Crippen molar-refractivity contribution in [3.8, 4) is 5.75 Å². The quantitative estimate of drug-likeness (QED) is 0.507. The first-order valence-electron chi connectivity index (χ1n) is 13.0. The van der Waals surface area contributed by atoms with Crippen LogP contribution < -0.4 is 25.8 Å². The summed E-state index contributed by atoms with van der Waals surface area (Å²) >= 11 is 6.73. The molecule has 10 heteroatoms. The van der Waals surface area contributed by atoms with Crippen LogP contribution in [0.5, 0.6) is 5.75 Å². The molecule has 3 heterocycles. The van der Waals surface area contributed by atoms with Crippen LogP contribution in [0.1, 0.15) is 62.1 Å². The van der Waals surface area contributed by atoms with E-state index in [4.69, 9.17) is 32.5 Å². The van der Waals surface area contributed by atoms with Crippen molar-refractivity contribution in [2.24, 2.45) is 5.73 Å². The highest BCUT2D eigenvalue weighted by atomic mass is 35.5. The molecule has 2 atom stereocenters. The number of nitrogens with one attached hydrogen (secondary N) is 2. The first-order chi connectivity index (χ1) is 17.7. The Morgan fingerprint density at radius 3 is 2.73 bits per heavy atom. The monoisotopic (exact) mass is 528 g/mol. The highest BCUT2D eigenvalue weighted by Crippen LogP contribution is 2.38. The molecular formula is C27H37ClN6O3. The lowest BCUT2D eigenvalue weighted by Crippen LogP contribution is -2.36. The van der Waals surface area contributed by atoms with Crippen LogP contribution in [0, 0.1) is 5.41 Å². The molecule has 0 bridgehead atoms. The lowest BCUT2D eigenvalue weighted by atomic mass is 9.89. The molecule has 4 N–H and O–H groups in total. The van der Waals surface area contributed by atoms with Crippen molar-refractivity contribution in [2.45, 2.75) is 64.3 Å². The first-order valence-corrected chi connectivity index (χ1v) is 13.4. The standard InChI is InChI=1S/C27H37ClN6O3/c1-16-6-7-18(35)10-13-34(27-31-25-20(26(36)32-27)5-4-12-33(25)3)14-11-19-21(28)8-9-23(24(16)19)37-15-22(30)17(2)29/h8-9,16-17,30H,4-7,10-15,29H2,1-3H3,(H,31,32,36). The second-order valence-electron chi connectivity index (χ2n) is 10.2. The number of rotatable bonds is 5. The van der Waals surface area contributed by atoms with Crippen molar-refractivity contribution in [3.63, 3.8) is 0 Å². The third-order valence-electron chi connectivity index (χ3n) is 7.40. The topological polar surface area (TPSA) is 128 Å². The molecule has 37 heavy (non-hydrogen) atoms. The molecule has 2 aliphatic rings. The normalized spacial score (nSPS) is 19.5. The molecule has 200 valence electrons. The zero-order valence-electron chi connectivity index (χ0n) is 21.9. The molecule has 1 aromatic heterocycles. The van der Waals surface area contributed by atoms with Gasteiger partial charge in [-0.15, -0.1) is 0 Å². The molecule has 0 radical (unpaired) electrons. The second-order valence-corrected chi connectivity index (χ2v) is 10.6. The first kappa shape index (κ1) is 27.1. The van der Waals surface area contributed by atoms with Crippen molar-refractivity contribution in [1.82, 2.24) is 9.97 Å². The number of aromatic amines is 1. The van der Waals surface area contributed by atoms with E-state index < -0.39 is 6.04 Å². The van der Waals surface area contributed by atoms with Gasteiger partial charge in [0.1, 0.15) is 24.0 Å². The number of halogens is 1. The molecule has 2 aromatic rings. The van der Waals surface area contributed by atoms with Gasteiger partial charge in [0.05, 0.1) is 11.3 Å². The van der Waals surface area contributed by atoms with Crippen molar-refractivity contribution >= 4 is 34.9 Å². The second kappa shape index (κ2) is 11.6. The van der Waals surface area contributed by atoms with Gasteiger partial charge < -0.3 is 25.7 Å². The molecule has 0 saturated heterocycles. The van der Waals surface area contributed by atoms with Crippen LogP contribution in [0.25, 0.3) is 0 Å². The van der Waals surface area contributed by atoms with Crippen LogP contribution in [0.15, 0.2) is 16.9 Å². The summed E-state index contributed by atoms with van der Waals surface area (Å²) in [5.74, 6) is 2.07. The maximum atomic E-state index is 12.9. The van der Waals surface area contributed by atoms with Gasteiger partial charge in [0, 0.05) is 56.2 Å². The summed E-state index contributed by atoms with van der Waals surface area (Å²) in [7, 11) is 1.95. The van der Waals surface area contributed by atoms with E-state index in [2.05, 4.69) is 11.9 Å². The van der Waals surface area contributed by atoms with Gasteiger partial charge in [0.15, 0.2) is 0 Å². The van der Waals surface area contributed by atoms with E-state index in [-0.39, 0.29) is 23.9 Å². The SMILES string of the molecule is CC(N)C(=N)COc1ccc(Cl)c2c1C(C)CCC(=O)CCN(c1nc3c(c(=O)[nH]1)CCCN3C)CC2. The Bertz CT molecular complexity index is 1230. The minimum Gasteiger partial charge on any atom is -0.487 e. The number of anilines is 2. The summed E-state index contributed by atoms with van der Waals surface area (Å²) < 4.78 is 6.05. The van der Waals surface area contributed by atoms with Crippen molar-refractivity contribution in [1.29, 1.82) is 5.41 Å². The number of hydrogen-bond acceptors (Lipinski definition) is 8. The third-order valence-corrected chi connectivity index (χ3v) is 7.75. The molecule has 2 aliphatic heterocycles. The molecule has 4 rings (SSSR count). The molecule has 9 nitrogen and oxygen atoms in total. The predicted octanol–water partition coefficient (Wildman–Crippen LogP) is 3.46. The summed E-state index contributed by atoms with van der Waals surface area (Å²) in [5.41, 5.74) is 8.66. The number of aromatic nitrogens is 2. The van der Waals surface area contributed by atoms with Crippen molar-refractivity contribution in [3.05, 3.63) is 44.2 Å². The van der Waals surface area contributed by atoms with Gasteiger partial charge in [-0.05, 0) is 56.2 Å². The molecule has 0 spiro atoms. The molecule has 0 fully saturated rings. The van der Waals surface area contributed by atoms with Crippen LogP contribution in [-0.2, 0) is 17.6 Å². The van der Waals surface area contributed by atoms with E-state index in [0.717, 1.165) is 24.1 Å². The van der Waals surface area contributed by atoms with Gasteiger partial charge >= 0.3 is 0 Å². The molecule has 1 aromatic carbocycles. The lowest BCUT2D eigenvalue weighted by Gasteiger charge is -2.29. The van der Waals surface area contributed by atoms with E-state index >= 15 is 0 Å². The van der Waals surface area contributed by atoms with Gasteiger partial charge in [-0.25, -0.2) is 0 Å².